The predicted molar refractivity (Wildman–Crippen MR) is 33.8 cm³/mol. The normalized spacial score (nSPS) is 8.86. The van der Waals surface area contributed by atoms with Crippen molar-refractivity contribution in [3.05, 3.63) is 0 Å². The quantitative estimate of drug-likeness (QED) is 0.552. The van der Waals surface area contributed by atoms with E-state index in [1.165, 1.54) is 0 Å². The molecular weight excluding hydrogens is 108 g/mol. The molecule has 0 radical (unpaired) electrons. The van der Waals surface area contributed by atoms with Crippen LogP contribution in [0.15, 0.2) is 0 Å². The molecular formula is C5H10OS. The summed E-state index contributed by atoms with van der Waals surface area (Å²) in [5, 5.41) is 0. The second-order valence-corrected chi connectivity index (χ2v) is 1.76. The van der Waals surface area contributed by atoms with Crippen LogP contribution in [0.4, 0.5) is 0 Å². The Bertz CT molecular complexity index is 61.1. The summed E-state index contributed by atoms with van der Waals surface area (Å²) in [7, 11) is 0. The van der Waals surface area contributed by atoms with E-state index in [4.69, 9.17) is 0 Å². The lowest BCUT2D eigenvalue weighted by atomic mass is 10.3. The minimum Gasteiger partial charge on any atom is -0.299 e. The Morgan fingerprint density at radius 3 is 2.43 bits per heavy atom. The van der Waals surface area contributed by atoms with Crippen molar-refractivity contribution in [3.8, 4) is 0 Å². The number of carbonyl (C=O) groups is 1. The van der Waals surface area contributed by atoms with Crippen LogP contribution in [0.25, 0.3) is 0 Å². The monoisotopic (exact) mass is 118 g/mol. The van der Waals surface area contributed by atoms with Crippen LogP contribution in [-0.4, -0.2) is 11.5 Å². The molecule has 0 aromatic carbocycles. The van der Waals surface area contributed by atoms with Gasteiger partial charge in [-0.25, -0.2) is 0 Å². The molecule has 0 aliphatic carbocycles. The van der Waals surface area contributed by atoms with E-state index >= 15 is 0 Å². The van der Waals surface area contributed by atoms with Gasteiger partial charge in [0.1, 0.15) is 5.78 Å². The first-order chi connectivity index (χ1) is 3.31. The van der Waals surface area contributed by atoms with Crippen LogP contribution in [0, 0.1) is 0 Å². The van der Waals surface area contributed by atoms with Crippen molar-refractivity contribution in [2.75, 3.05) is 5.75 Å². The van der Waals surface area contributed by atoms with Crippen molar-refractivity contribution in [2.45, 2.75) is 19.8 Å². The zero-order valence-corrected chi connectivity index (χ0v) is 5.37. The second-order valence-electron chi connectivity index (χ2n) is 1.45. The number of ketones is 1. The molecule has 1 nitrogen and oxygen atoms in total. The van der Waals surface area contributed by atoms with Crippen LogP contribution in [0.3, 0.4) is 0 Å². The van der Waals surface area contributed by atoms with E-state index in [0.29, 0.717) is 12.2 Å². The third-order valence-electron chi connectivity index (χ3n) is 0.705. The first-order valence-electron chi connectivity index (χ1n) is 2.43. The molecule has 0 aliphatic heterocycles. The molecule has 0 amide bonds. The lowest BCUT2D eigenvalue weighted by Gasteiger charge is -1.86. The maximum atomic E-state index is 10.3. The Hall–Kier alpha value is 0.0200. The van der Waals surface area contributed by atoms with Gasteiger partial charge in [-0.15, -0.1) is 0 Å². The van der Waals surface area contributed by atoms with Gasteiger partial charge >= 0.3 is 0 Å². The van der Waals surface area contributed by atoms with Gasteiger partial charge in [0.2, 0.25) is 0 Å². The minimum atomic E-state index is 0.242. The summed E-state index contributed by atoms with van der Waals surface area (Å²) in [6.07, 6.45) is 1.63. The maximum absolute atomic E-state index is 10.3. The summed E-state index contributed by atoms with van der Waals surface area (Å²) >= 11 is 3.80. The summed E-state index contributed by atoms with van der Waals surface area (Å²) < 4.78 is 0. The van der Waals surface area contributed by atoms with Gasteiger partial charge in [-0.1, -0.05) is 6.92 Å². The van der Waals surface area contributed by atoms with Gasteiger partial charge < -0.3 is 0 Å². The fourth-order valence-electron chi connectivity index (χ4n) is 0.358. The Balaban J connectivity index is 3.00. The van der Waals surface area contributed by atoms with E-state index in [1.54, 1.807) is 0 Å². The smallest absolute Gasteiger partial charge is 0.142 e. The number of carbonyl (C=O) groups excluding carboxylic acids is 1. The van der Waals surface area contributed by atoms with Crippen molar-refractivity contribution >= 4 is 18.4 Å². The zero-order valence-electron chi connectivity index (χ0n) is 4.48. The molecule has 42 valence electrons. The summed E-state index contributed by atoms with van der Waals surface area (Å²) in [5.41, 5.74) is 0. The molecule has 0 atom stereocenters. The van der Waals surface area contributed by atoms with Crippen molar-refractivity contribution in [2.24, 2.45) is 0 Å². The third-order valence-corrected chi connectivity index (χ3v) is 1.06. The molecule has 0 N–H and O–H groups in total. The molecule has 0 saturated heterocycles. The molecule has 0 aromatic heterocycles. The van der Waals surface area contributed by atoms with E-state index in [-0.39, 0.29) is 5.78 Å². The number of thiol groups is 1. The predicted octanol–water partition coefficient (Wildman–Crippen LogP) is 1.29. The Morgan fingerprint density at radius 1 is 1.71 bits per heavy atom. The third kappa shape index (κ3) is 3.86. The summed E-state index contributed by atoms with van der Waals surface area (Å²) in [5.74, 6) is 0.638. The van der Waals surface area contributed by atoms with Gasteiger partial charge in [-0.3, -0.25) is 4.79 Å². The summed E-state index contributed by atoms with van der Waals surface area (Å²) in [4.78, 5) is 10.3. The molecule has 0 aromatic rings. The average molecular weight is 118 g/mol. The lowest BCUT2D eigenvalue weighted by Crippen LogP contribution is -1.96. The Labute approximate surface area is 49.5 Å². The van der Waals surface area contributed by atoms with Gasteiger partial charge in [-0.2, -0.15) is 12.6 Å². The molecule has 0 saturated carbocycles. The van der Waals surface area contributed by atoms with Crippen LogP contribution in [0.1, 0.15) is 19.8 Å². The van der Waals surface area contributed by atoms with Crippen molar-refractivity contribution in [3.63, 3.8) is 0 Å². The van der Waals surface area contributed by atoms with E-state index in [9.17, 15) is 4.79 Å². The van der Waals surface area contributed by atoms with Crippen molar-refractivity contribution in [1.82, 2.24) is 0 Å². The molecule has 0 bridgehead atoms. The highest BCUT2D eigenvalue weighted by molar-refractivity contribution is 7.81. The number of hydrogen-bond acceptors (Lipinski definition) is 2. The van der Waals surface area contributed by atoms with Crippen molar-refractivity contribution in [1.29, 1.82) is 0 Å². The van der Waals surface area contributed by atoms with E-state index < -0.39 is 0 Å². The van der Waals surface area contributed by atoms with Crippen LogP contribution in [0.2, 0.25) is 0 Å². The highest BCUT2D eigenvalue weighted by Crippen LogP contribution is 1.89. The zero-order chi connectivity index (χ0) is 5.70. The average Bonchev–Trinajstić information content (AvgIpc) is 1.68. The van der Waals surface area contributed by atoms with Crippen LogP contribution in [0.5, 0.6) is 0 Å². The second kappa shape index (κ2) is 4.19. The standard InChI is InChI=1S/C5H10OS/c1-2-3-5(6)4-7/h7H,2-4H2,1H3. The largest absolute Gasteiger partial charge is 0.299 e. The molecule has 2 heteroatoms. The van der Waals surface area contributed by atoms with Crippen molar-refractivity contribution < 1.29 is 4.79 Å². The highest BCUT2D eigenvalue weighted by Gasteiger charge is 1.91. The first kappa shape index (κ1) is 7.02. The molecule has 7 heavy (non-hydrogen) atoms. The van der Waals surface area contributed by atoms with Crippen LogP contribution >= 0.6 is 12.6 Å². The van der Waals surface area contributed by atoms with Gasteiger partial charge in [0.15, 0.2) is 0 Å². The van der Waals surface area contributed by atoms with Crippen LogP contribution < -0.4 is 0 Å². The summed E-state index contributed by atoms with van der Waals surface area (Å²) in [6, 6.07) is 0. The van der Waals surface area contributed by atoms with E-state index in [1.807, 2.05) is 6.92 Å². The Morgan fingerprint density at radius 2 is 2.29 bits per heavy atom. The molecule has 0 fully saturated rings. The molecule has 0 heterocycles. The Kier molecular flexibility index (Phi) is 4.20. The fraction of sp³-hybridized carbons (Fsp3) is 0.800. The van der Waals surface area contributed by atoms with E-state index in [0.717, 1.165) is 6.42 Å². The number of Topliss-reactive ketones (excluding diaryl/α,β-unsaturated/α-hetero) is 1. The highest BCUT2D eigenvalue weighted by atomic mass is 32.1. The minimum absolute atomic E-state index is 0.242. The maximum Gasteiger partial charge on any atom is 0.142 e. The van der Waals surface area contributed by atoms with Gasteiger partial charge in [0, 0.05) is 12.2 Å². The first-order valence-corrected chi connectivity index (χ1v) is 3.07. The number of rotatable bonds is 3. The van der Waals surface area contributed by atoms with Crippen LogP contribution in [-0.2, 0) is 4.79 Å². The fourth-order valence-corrected chi connectivity index (χ4v) is 0.516. The van der Waals surface area contributed by atoms with E-state index in [2.05, 4.69) is 12.6 Å². The van der Waals surface area contributed by atoms with Gasteiger partial charge in [0.05, 0.1) is 0 Å². The molecule has 0 unspecified atom stereocenters. The topological polar surface area (TPSA) is 17.1 Å². The lowest BCUT2D eigenvalue weighted by molar-refractivity contribution is -0.116. The summed E-state index contributed by atoms with van der Waals surface area (Å²) in [6.45, 7) is 1.99. The molecule has 0 spiro atoms. The van der Waals surface area contributed by atoms with Gasteiger partial charge in [0.25, 0.3) is 0 Å². The number of hydrogen-bond donors (Lipinski definition) is 1. The molecule has 0 rings (SSSR count). The van der Waals surface area contributed by atoms with Gasteiger partial charge in [-0.05, 0) is 6.42 Å². The SMILES string of the molecule is CCCC(=O)CS. The molecule has 0 aliphatic rings.